The van der Waals surface area contributed by atoms with E-state index in [0.29, 0.717) is 24.6 Å². The summed E-state index contributed by atoms with van der Waals surface area (Å²) in [6, 6.07) is 8.27. The Balaban J connectivity index is 1.75. The molecule has 1 saturated carbocycles. The molecule has 0 saturated heterocycles. The third-order valence-electron chi connectivity index (χ3n) is 4.03. The lowest BCUT2D eigenvalue weighted by atomic mass is 9.99. The van der Waals surface area contributed by atoms with Crippen LogP contribution in [-0.4, -0.2) is 15.9 Å². The van der Waals surface area contributed by atoms with Crippen molar-refractivity contribution >= 4 is 5.78 Å². The zero-order chi connectivity index (χ0) is 14.7. The first kappa shape index (κ1) is 14.0. The molecule has 0 spiro atoms. The number of Topliss-reactive ketones (excluding diaryl/α,β-unsaturated/α-hetero) is 1. The molecule has 0 N–H and O–H groups in total. The molecular formula is C17H20N2O2. The summed E-state index contributed by atoms with van der Waals surface area (Å²) in [6.07, 6.45) is 5.29. The van der Waals surface area contributed by atoms with Crippen molar-refractivity contribution in [3.63, 3.8) is 0 Å². The second-order valence-corrected chi connectivity index (χ2v) is 5.83. The van der Waals surface area contributed by atoms with Crippen molar-refractivity contribution in [2.45, 2.75) is 51.4 Å². The summed E-state index contributed by atoms with van der Waals surface area (Å²) in [5.41, 5.74) is 2.38. The smallest absolute Gasteiger partial charge is 0.237 e. The molecule has 0 aliphatic heterocycles. The third-order valence-corrected chi connectivity index (χ3v) is 4.03. The molecule has 0 radical (unpaired) electrons. The Morgan fingerprint density at radius 3 is 3.05 bits per heavy atom. The molecule has 1 aliphatic carbocycles. The van der Waals surface area contributed by atoms with Crippen LogP contribution in [0.2, 0.25) is 0 Å². The van der Waals surface area contributed by atoms with E-state index < -0.39 is 0 Å². The van der Waals surface area contributed by atoms with Crippen LogP contribution in [0.15, 0.2) is 28.8 Å². The number of carbonyl (C=O) groups is 1. The van der Waals surface area contributed by atoms with Gasteiger partial charge in [0.1, 0.15) is 5.78 Å². The van der Waals surface area contributed by atoms with Gasteiger partial charge >= 0.3 is 0 Å². The Labute approximate surface area is 124 Å². The van der Waals surface area contributed by atoms with Crippen molar-refractivity contribution in [3.05, 3.63) is 47.1 Å². The zero-order valence-corrected chi connectivity index (χ0v) is 12.3. The Morgan fingerprint density at radius 1 is 1.29 bits per heavy atom. The van der Waals surface area contributed by atoms with E-state index in [4.69, 9.17) is 4.52 Å². The quantitative estimate of drug-likeness (QED) is 0.808. The van der Waals surface area contributed by atoms with E-state index in [1.54, 1.807) is 0 Å². The summed E-state index contributed by atoms with van der Waals surface area (Å²) in [4.78, 5) is 16.6. The predicted octanol–water partition coefficient (Wildman–Crippen LogP) is 3.59. The minimum Gasteiger partial charge on any atom is -0.339 e. The lowest BCUT2D eigenvalue weighted by Crippen LogP contribution is -2.10. The number of hydrogen-bond donors (Lipinski definition) is 0. The molecule has 1 atom stereocenters. The van der Waals surface area contributed by atoms with Crippen LogP contribution in [0, 0.1) is 6.92 Å². The average molecular weight is 284 g/mol. The van der Waals surface area contributed by atoms with Gasteiger partial charge in [-0.3, -0.25) is 4.79 Å². The van der Waals surface area contributed by atoms with Gasteiger partial charge in [-0.15, -0.1) is 0 Å². The number of aryl methyl sites for hydroxylation is 1. The van der Waals surface area contributed by atoms with Gasteiger partial charge in [-0.1, -0.05) is 47.8 Å². The molecule has 1 aromatic heterocycles. The average Bonchev–Trinajstić information content (AvgIpc) is 2.80. The molecular weight excluding hydrogens is 264 g/mol. The Kier molecular flexibility index (Phi) is 4.13. The second kappa shape index (κ2) is 6.20. The van der Waals surface area contributed by atoms with Crippen molar-refractivity contribution < 1.29 is 9.32 Å². The van der Waals surface area contributed by atoms with E-state index in [1.165, 1.54) is 5.56 Å². The molecule has 1 heterocycles. The fraction of sp³-hybridized carbons (Fsp3) is 0.471. The van der Waals surface area contributed by atoms with Crippen molar-refractivity contribution in [1.82, 2.24) is 10.1 Å². The van der Waals surface area contributed by atoms with Crippen LogP contribution < -0.4 is 0 Å². The Hall–Kier alpha value is -1.97. The molecule has 4 nitrogen and oxygen atoms in total. The van der Waals surface area contributed by atoms with E-state index in [2.05, 4.69) is 35.3 Å². The molecule has 1 aliphatic rings. The summed E-state index contributed by atoms with van der Waals surface area (Å²) < 4.78 is 5.35. The van der Waals surface area contributed by atoms with Gasteiger partial charge in [-0.05, 0) is 25.3 Å². The summed E-state index contributed by atoms with van der Waals surface area (Å²) in [5, 5.41) is 4.04. The summed E-state index contributed by atoms with van der Waals surface area (Å²) in [7, 11) is 0. The molecule has 3 rings (SSSR count). The fourth-order valence-corrected chi connectivity index (χ4v) is 2.91. The van der Waals surface area contributed by atoms with Gasteiger partial charge in [0.2, 0.25) is 5.89 Å². The van der Waals surface area contributed by atoms with Gasteiger partial charge in [0.05, 0.1) is 5.92 Å². The second-order valence-electron chi connectivity index (χ2n) is 5.83. The number of hydrogen-bond acceptors (Lipinski definition) is 4. The predicted molar refractivity (Wildman–Crippen MR) is 79.1 cm³/mol. The van der Waals surface area contributed by atoms with Crippen LogP contribution in [-0.2, 0) is 11.2 Å². The first-order valence-corrected chi connectivity index (χ1v) is 7.63. The molecule has 2 aromatic rings. The highest BCUT2D eigenvalue weighted by atomic mass is 16.5. The van der Waals surface area contributed by atoms with Gasteiger partial charge in [0, 0.05) is 12.8 Å². The van der Waals surface area contributed by atoms with Crippen molar-refractivity contribution in [1.29, 1.82) is 0 Å². The number of aromatic nitrogens is 2. The lowest BCUT2D eigenvalue weighted by molar-refractivity contribution is -0.120. The summed E-state index contributed by atoms with van der Waals surface area (Å²) >= 11 is 0. The normalized spacial score (nSPS) is 19.5. The number of benzene rings is 1. The maximum Gasteiger partial charge on any atom is 0.237 e. The van der Waals surface area contributed by atoms with Crippen LogP contribution in [0.5, 0.6) is 0 Å². The van der Waals surface area contributed by atoms with Crippen LogP contribution >= 0.6 is 0 Å². The molecule has 0 bridgehead atoms. The highest BCUT2D eigenvalue weighted by Gasteiger charge is 2.27. The SMILES string of the molecule is Cc1cccc(Cc2noc(C3CCCCCC3=O)n2)c1. The maximum absolute atomic E-state index is 12.1. The molecule has 1 aromatic carbocycles. The van der Waals surface area contributed by atoms with E-state index >= 15 is 0 Å². The molecule has 110 valence electrons. The Morgan fingerprint density at radius 2 is 2.19 bits per heavy atom. The van der Waals surface area contributed by atoms with Crippen LogP contribution in [0.4, 0.5) is 0 Å². The van der Waals surface area contributed by atoms with E-state index in [9.17, 15) is 4.79 Å². The van der Waals surface area contributed by atoms with Crippen molar-refractivity contribution in [2.75, 3.05) is 0 Å². The first-order chi connectivity index (χ1) is 10.2. The molecule has 1 unspecified atom stereocenters. The van der Waals surface area contributed by atoms with Crippen LogP contribution in [0.25, 0.3) is 0 Å². The molecule has 1 fully saturated rings. The summed E-state index contributed by atoms with van der Waals surface area (Å²) in [6.45, 7) is 2.06. The molecule has 21 heavy (non-hydrogen) atoms. The van der Waals surface area contributed by atoms with Gasteiger partial charge in [0.25, 0.3) is 0 Å². The van der Waals surface area contributed by atoms with E-state index in [0.717, 1.165) is 31.2 Å². The zero-order valence-electron chi connectivity index (χ0n) is 12.3. The van der Waals surface area contributed by atoms with Gasteiger partial charge < -0.3 is 4.52 Å². The highest BCUT2D eigenvalue weighted by Crippen LogP contribution is 2.28. The van der Waals surface area contributed by atoms with Crippen molar-refractivity contribution in [2.24, 2.45) is 0 Å². The minimum atomic E-state index is -0.189. The number of nitrogens with zero attached hydrogens (tertiary/aromatic N) is 2. The number of carbonyl (C=O) groups excluding carboxylic acids is 1. The minimum absolute atomic E-state index is 0.189. The number of ketones is 1. The van der Waals surface area contributed by atoms with E-state index in [1.807, 2.05) is 6.07 Å². The molecule has 0 amide bonds. The first-order valence-electron chi connectivity index (χ1n) is 7.63. The van der Waals surface area contributed by atoms with Gasteiger partial charge in [-0.2, -0.15) is 4.98 Å². The highest BCUT2D eigenvalue weighted by molar-refractivity contribution is 5.84. The Bertz CT molecular complexity index is 633. The monoisotopic (exact) mass is 284 g/mol. The maximum atomic E-state index is 12.1. The van der Waals surface area contributed by atoms with Gasteiger partial charge in [-0.25, -0.2) is 0 Å². The van der Waals surface area contributed by atoms with Crippen LogP contribution in [0.1, 0.15) is 60.9 Å². The lowest BCUT2D eigenvalue weighted by Gasteiger charge is -2.06. The molecule has 4 heteroatoms. The third kappa shape index (κ3) is 3.38. The standard InChI is InChI=1S/C17H20N2O2/c1-12-6-5-7-13(10-12)11-16-18-17(21-19-16)14-8-3-2-4-9-15(14)20/h5-7,10,14H,2-4,8-9,11H2,1H3. The van der Waals surface area contributed by atoms with Crippen LogP contribution in [0.3, 0.4) is 0 Å². The fourth-order valence-electron chi connectivity index (χ4n) is 2.91. The topological polar surface area (TPSA) is 56.0 Å². The van der Waals surface area contributed by atoms with Gasteiger partial charge in [0.15, 0.2) is 5.82 Å². The number of rotatable bonds is 3. The van der Waals surface area contributed by atoms with Crippen molar-refractivity contribution in [3.8, 4) is 0 Å². The van der Waals surface area contributed by atoms with E-state index in [-0.39, 0.29) is 11.7 Å². The summed E-state index contributed by atoms with van der Waals surface area (Å²) in [5.74, 6) is 1.22. The largest absolute Gasteiger partial charge is 0.339 e.